The number of halogens is 2. The third-order valence-corrected chi connectivity index (χ3v) is 4.10. The van der Waals surface area contributed by atoms with Gasteiger partial charge in [-0.3, -0.25) is 9.78 Å². The van der Waals surface area contributed by atoms with Crippen LogP contribution < -0.4 is 5.32 Å². The first-order valence-electron chi connectivity index (χ1n) is 7.97. The average Bonchev–Trinajstić information content (AvgIpc) is 3.38. The van der Waals surface area contributed by atoms with Crippen molar-refractivity contribution in [2.45, 2.75) is 31.7 Å². The van der Waals surface area contributed by atoms with E-state index < -0.39 is 12.3 Å². The topological polar surface area (TPSA) is 72.2 Å². The molecule has 0 aliphatic heterocycles. The van der Waals surface area contributed by atoms with Gasteiger partial charge in [-0.1, -0.05) is 6.07 Å². The van der Waals surface area contributed by atoms with Gasteiger partial charge in [-0.05, 0) is 30.5 Å². The van der Waals surface area contributed by atoms with Gasteiger partial charge in [-0.25, -0.2) is 18.3 Å². The van der Waals surface area contributed by atoms with Crippen LogP contribution in [0.5, 0.6) is 0 Å². The normalized spacial score (nSPS) is 14.2. The number of nitrogens with one attached hydrogen (secondary N) is 1. The Labute approximate surface area is 141 Å². The van der Waals surface area contributed by atoms with Gasteiger partial charge in [0.15, 0.2) is 11.3 Å². The number of rotatable bonds is 5. The minimum Gasteiger partial charge on any atom is -0.347 e. The smallest absolute Gasteiger partial charge is 0.280 e. The minimum absolute atomic E-state index is 0.0613. The van der Waals surface area contributed by atoms with Crippen molar-refractivity contribution in [3.63, 3.8) is 0 Å². The first kappa shape index (κ1) is 15.6. The lowest BCUT2D eigenvalue weighted by Gasteiger charge is -2.06. The van der Waals surface area contributed by atoms with Gasteiger partial charge in [0.25, 0.3) is 12.3 Å². The summed E-state index contributed by atoms with van der Waals surface area (Å²) in [6.07, 6.45) is 2.51. The molecule has 25 heavy (non-hydrogen) atoms. The molecule has 3 heterocycles. The second-order valence-corrected chi connectivity index (χ2v) is 6.02. The Morgan fingerprint density at radius 1 is 1.36 bits per heavy atom. The van der Waals surface area contributed by atoms with Crippen LogP contribution in [-0.2, 0) is 6.54 Å². The lowest BCUT2D eigenvalue weighted by atomic mass is 10.2. The molecular formula is C17H15F2N5O. The molecule has 8 heteroatoms. The van der Waals surface area contributed by atoms with Crippen molar-refractivity contribution < 1.29 is 13.6 Å². The lowest BCUT2D eigenvalue weighted by Crippen LogP contribution is -2.23. The van der Waals surface area contributed by atoms with Gasteiger partial charge in [-0.15, -0.1) is 0 Å². The van der Waals surface area contributed by atoms with Crippen LogP contribution in [0.15, 0.2) is 36.7 Å². The maximum atomic E-state index is 13.3. The second-order valence-electron chi connectivity index (χ2n) is 6.02. The van der Waals surface area contributed by atoms with E-state index in [1.54, 1.807) is 18.5 Å². The molecule has 0 spiro atoms. The zero-order chi connectivity index (χ0) is 17.4. The summed E-state index contributed by atoms with van der Waals surface area (Å²) in [5.41, 5.74) is 1.57. The second kappa shape index (κ2) is 6.19. The Morgan fingerprint density at radius 3 is 2.88 bits per heavy atom. The molecule has 4 rings (SSSR count). The number of alkyl halides is 2. The molecule has 0 atom stereocenters. The molecule has 6 nitrogen and oxygen atoms in total. The number of pyridine rings is 1. The molecule has 0 radical (unpaired) electrons. The maximum Gasteiger partial charge on any atom is 0.280 e. The standard InChI is InChI=1S/C17H15F2N5O/c18-16(19)14-6-12(11-3-4-11)22-15-7-13(23-24(14)15)17(25)21-9-10-2-1-5-20-8-10/h1-2,5-8,11,16H,3-4,9H2,(H,21,25). The van der Waals surface area contributed by atoms with Crippen LogP contribution in [-0.4, -0.2) is 25.5 Å². The summed E-state index contributed by atoms with van der Waals surface area (Å²) < 4.78 is 27.7. The van der Waals surface area contributed by atoms with Gasteiger partial charge >= 0.3 is 0 Å². The summed E-state index contributed by atoms with van der Waals surface area (Å²) in [5.74, 6) is -0.206. The number of carbonyl (C=O) groups is 1. The Bertz CT molecular complexity index is 921. The SMILES string of the molecule is O=C(NCc1cccnc1)c1cc2nc(C3CC3)cc(C(F)F)n2n1. The lowest BCUT2D eigenvalue weighted by molar-refractivity contribution is 0.0944. The van der Waals surface area contributed by atoms with Gasteiger partial charge in [0.1, 0.15) is 5.69 Å². The Hall–Kier alpha value is -2.90. The molecule has 1 aliphatic rings. The van der Waals surface area contributed by atoms with E-state index in [0.717, 1.165) is 22.9 Å². The van der Waals surface area contributed by atoms with E-state index >= 15 is 0 Å². The van der Waals surface area contributed by atoms with Crippen LogP contribution in [0.25, 0.3) is 5.65 Å². The summed E-state index contributed by atoms with van der Waals surface area (Å²) in [7, 11) is 0. The number of hydrogen-bond acceptors (Lipinski definition) is 4. The zero-order valence-corrected chi connectivity index (χ0v) is 13.2. The minimum atomic E-state index is -2.69. The van der Waals surface area contributed by atoms with Crippen molar-refractivity contribution in [2.75, 3.05) is 0 Å². The van der Waals surface area contributed by atoms with E-state index in [0.29, 0.717) is 5.69 Å². The predicted octanol–water partition coefficient (Wildman–Crippen LogP) is 2.87. The van der Waals surface area contributed by atoms with E-state index in [1.807, 2.05) is 6.07 Å². The summed E-state index contributed by atoms with van der Waals surface area (Å²) in [6, 6.07) is 6.43. The zero-order valence-electron chi connectivity index (χ0n) is 13.2. The molecule has 1 fully saturated rings. The predicted molar refractivity (Wildman–Crippen MR) is 85.3 cm³/mol. The molecule has 0 saturated heterocycles. The van der Waals surface area contributed by atoms with Crippen molar-refractivity contribution in [1.82, 2.24) is 24.9 Å². The highest BCUT2D eigenvalue weighted by Gasteiger charge is 2.28. The molecule has 128 valence electrons. The molecule has 1 aliphatic carbocycles. The Kier molecular flexibility index (Phi) is 3.87. The molecule has 1 N–H and O–H groups in total. The highest BCUT2D eigenvalue weighted by molar-refractivity contribution is 5.93. The molecular weight excluding hydrogens is 328 g/mol. The Morgan fingerprint density at radius 2 is 2.20 bits per heavy atom. The summed E-state index contributed by atoms with van der Waals surface area (Å²) >= 11 is 0. The Balaban J connectivity index is 1.61. The van der Waals surface area contributed by atoms with Crippen molar-refractivity contribution in [1.29, 1.82) is 0 Å². The van der Waals surface area contributed by atoms with Gasteiger partial charge in [0, 0.05) is 36.6 Å². The first-order chi connectivity index (χ1) is 12.1. The number of amides is 1. The fraction of sp³-hybridized carbons (Fsp3) is 0.294. The first-order valence-corrected chi connectivity index (χ1v) is 7.97. The molecule has 3 aromatic heterocycles. The molecule has 1 amide bonds. The number of fused-ring (bicyclic) bond motifs is 1. The van der Waals surface area contributed by atoms with Crippen molar-refractivity contribution >= 4 is 11.6 Å². The fourth-order valence-electron chi connectivity index (χ4n) is 2.65. The molecule has 0 aromatic carbocycles. The molecule has 1 saturated carbocycles. The van der Waals surface area contributed by atoms with Gasteiger partial charge in [-0.2, -0.15) is 5.10 Å². The fourth-order valence-corrected chi connectivity index (χ4v) is 2.65. The van der Waals surface area contributed by atoms with Crippen LogP contribution in [0.4, 0.5) is 8.78 Å². The molecule has 3 aromatic rings. The van der Waals surface area contributed by atoms with Gasteiger partial charge in [0.2, 0.25) is 0 Å². The van der Waals surface area contributed by atoms with Crippen LogP contribution in [0, 0.1) is 0 Å². The van der Waals surface area contributed by atoms with E-state index in [-0.39, 0.29) is 29.5 Å². The highest BCUT2D eigenvalue weighted by Crippen LogP contribution is 2.40. The van der Waals surface area contributed by atoms with Crippen molar-refractivity contribution in [2.24, 2.45) is 0 Å². The number of carbonyl (C=O) groups excluding carboxylic acids is 1. The van der Waals surface area contributed by atoms with Gasteiger partial charge in [0.05, 0.1) is 0 Å². The molecule has 0 bridgehead atoms. The number of nitrogens with zero attached hydrogens (tertiary/aromatic N) is 4. The summed E-state index contributed by atoms with van der Waals surface area (Å²) in [6.45, 7) is 0.281. The van der Waals surface area contributed by atoms with E-state index in [1.165, 1.54) is 12.1 Å². The summed E-state index contributed by atoms with van der Waals surface area (Å²) in [4.78, 5) is 20.6. The van der Waals surface area contributed by atoms with E-state index in [4.69, 9.17) is 0 Å². The third kappa shape index (κ3) is 3.19. The maximum absolute atomic E-state index is 13.3. The van der Waals surface area contributed by atoms with Crippen LogP contribution in [0.3, 0.4) is 0 Å². The van der Waals surface area contributed by atoms with Crippen LogP contribution in [0.1, 0.15) is 52.6 Å². The summed E-state index contributed by atoms with van der Waals surface area (Å²) in [5, 5.41) is 6.72. The van der Waals surface area contributed by atoms with E-state index in [9.17, 15) is 13.6 Å². The van der Waals surface area contributed by atoms with Crippen molar-refractivity contribution in [3.05, 3.63) is 59.3 Å². The quantitative estimate of drug-likeness (QED) is 0.773. The highest BCUT2D eigenvalue weighted by atomic mass is 19.3. The van der Waals surface area contributed by atoms with Crippen LogP contribution >= 0.6 is 0 Å². The van der Waals surface area contributed by atoms with E-state index in [2.05, 4.69) is 20.4 Å². The van der Waals surface area contributed by atoms with Crippen molar-refractivity contribution in [3.8, 4) is 0 Å². The van der Waals surface area contributed by atoms with Gasteiger partial charge < -0.3 is 5.32 Å². The number of aromatic nitrogens is 4. The largest absolute Gasteiger partial charge is 0.347 e. The number of hydrogen-bond donors (Lipinski definition) is 1. The third-order valence-electron chi connectivity index (χ3n) is 4.10. The monoisotopic (exact) mass is 343 g/mol. The average molecular weight is 343 g/mol. The molecule has 0 unspecified atom stereocenters. The van der Waals surface area contributed by atoms with Crippen LogP contribution in [0.2, 0.25) is 0 Å².